The molecule has 1 fully saturated rings. The Bertz CT molecular complexity index is 401. The summed E-state index contributed by atoms with van der Waals surface area (Å²) in [7, 11) is 0. The molecule has 0 saturated heterocycles. The molecule has 3 heteroatoms. The van der Waals surface area contributed by atoms with Gasteiger partial charge in [-0.15, -0.1) is 0 Å². The van der Waals surface area contributed by atoms with Gasteiger partial charge in [-0.05, 0) is 25.3 Å². The van der Waals surface area contributed by atoms with Crippen molar-refractivity contribution >= 4 is 0 Å². The van der Waals surface area contributed by atoms with Crippen LogP contribution in [0.15, 0.2) is 24.3 Å². The molecule has 1 aromatic carbocycles. The van der Waals surface area contributed by atoms with Gasteiger partial charge in [-0.1, -0.05) is 38.0 Å². The fourth-order valence-electron chi connectivity index (χ4n) is 3.09. The summed E-state index contributed by atoms with van der Waals surface area (Å²) in [5.74, 6) is -0.147. The van der Waals surface area contributed by atoms with E-state index in [1.807, 2.05) is 12.1 Å². The van der Waals surface area contributed by atoms with E-state index in [2.05, 4.69) is 12.2 Å². The number of aliphatic hydroxyl groups excluding tert-OH is 1. The molecule has 0 aromatic heterocycles. The second-order valence-corrected chi connectivity index (χ2v) is 5.73. The normalized spacial score (nSPS) is 19.5. The van der Waals surface area contributed by atoms with Gasteiger partial charge in [0.05, 0.1) is 0 Å². The van der Waals surface area contributed by atoms with Crippen LogP contribution in [0.25, 0.3) is 0 Å². The van der Waals surface area contributed by atoms with Crippen molar-refractivity contribution < 1.29 is 9.50 Å². The van der Waals surface area contributed by atoms with Gasteiger partial charge in [0.2, 0.25) is 0 Å². The topological polar surface area (TPSA) is 32.3 Å². The highest BCUT2D eigenvalue weighted by Gasteiger charge is 2.33. The van der Waals surface area contributed by atoms with Crippen LogP contribution in [-0.4, -0.2) is 18.3 Å². The van der Waals surface area contributed by atoms with Gasteiger partial charge in [0, 0.05) is 30.2 Å². The van der Waals surface area contributed by atoms with E-state index in [1.165, 1.54) is 18.9 Å². The van der Waals surface area contributed by atoms with Crippen LogP contribution in [0.1, 0.15) is 50.6 Å². The predicted octanol–water partition coefficient (Wildman–Crippen LogP) is 3.42. The summed E-state index contributed by atoms with van der Waals surface area (Å²) >= 11 is 0. The van der Waals surface area contributed by atoms with E-state index in [0.29, 0.717) is 0 Å². The molecule has 1 unspecified atom stereocenters. The minimum atomic E-state index is -0.147. The lowest BCUT2D eigenvalue weighted by molar-refractivity contribution is 0.124. The number of halogens is 1. The SMILES string of the molecule is CCC(NCC1(CO)CCCC1)c1ccccc1F. The lowest BCUT2D eigenvalue weighted by Crippen LogP contribution is -2.37. The predicted molar refractivity (Wildman–Crippen MR) is 75.4 cm³/mol. The molecule has 0 amide bonds. The maximum absolute atomic E-state index is 13.8. The molecule has 0 heterocycles. The lowest BCUT2D eigenvalue weighted by atomic mass is 9.86. The smallest absolute Gasteiger partial charge is 0.127 e. The molecule has 106 valence electrons. The maximum Gasteiger partial charge on any atom is 0.127 e. The molecule has 2 nitrogen and oxygen atoms in total. The van der Waals surface area contributed by atoms with Crippen LogP contribution in [0.4, 0.5) is 4.39 Å². The molecule has 19 heavy (non-hydrogen) atoms. The third kappa shape index (κ3) is 3.34. The highest BCUT2D eigenvalue weighted by molar-refractivity contribution is 5.21. The molecule has 1 aromatic rings. The molecule has 1 aliphatic rings. The fourth-order valence-corrected chi connectivity index (χ4v) is 3.09. The summed E-state index contributed by atoms with van der Waals surface area (Å²) in [4.78, 5) is 0. The molecule has 1 saturated carbocycles. The van der Waals surface area contributed by atoms with Crippen LogP contribution >= 0.6 is 0 Å². The molecule has 0 bridgehead atoms. The van der Waals surface area contributed by atoms with Crippen LogP contribution < -0.4 is 5.32 Å². The van der Waals surface area contributed by atoms with Crippen LogP contribution in [0.3, 0.4) is 0 Å². The summed E-state index contributed by atoms with van der Waals surface area (Å²) < 4.78 is 13.8. The quantitative estimate of drug-likeness (QED) is 0.826. The molecular formula is C16H24FNO. The van der Waals surface area contributed by atoms with Crippen molar-refractivity contribution in [2.45, 2.75) is 45.1 Å². The molecule has 0 spiro atoms. The maximum atomic E-state index is 13.8. The van der Waals surface area contributed by atoms with Crippen molar-refractivity contribution in [3.05, 3.63) is 35.6 Å². The number of benzene rings is 1. The van der Waals surface area contributed by atoms with Gasteiger partial charge in [-0.25, -0.2) is 4.39 Å². The van der Waals surface area contributed by atoms with E-state index in [4.69, 9.17) is 0 Å². The molecule has 0 radical (unpaired) electrons. The van der Waals surface area contributed by atoms with Crippen molar-refractivity contribution in [3.8, 4) is 0 Å². The summed E-state index contributed by atoms with van der Waals surface area (Å²) in [6.07, 6.45) is 5.38. The molecular weight excluding hydrogens is 241 g/mol. The van der Waals surface area contributed by atoms with E-state index >= 15 is 0 Å². The first-order valence-electron chi connectivity index (χ1n) is 7.29. The van der Waals surface area contributed by atoms with Gasteiger partial charge < -0.3 is 10.4 Å². The monoisotopic (exact) mass is 265 g/mol. The number of hydrogen-bond donors (Lipinski definition) is 2. The zero-order chi connectivity index (χ0) is 13.7. The van der Waals surface area contributed by atoms with Gasteiger partial charge in [0.25, 0.3) is 0 Å². The van der Waals surface area contributed by atoms with E-state index in [-0.39, 0.29) is 23.9 Å². The van der Waals surface area contributed by atoms with Crippen molar-refractivity contribution in [1.82, 2.24) is 5.32 Å². The van der Waals surface area contributed by atoms with Gasteiger partial charge in [-0.2, -0.15) is 0 Å². The molecule has 1 atom stereocenters. The fraction of sp³-hybridized carbons (Fsp3) is 0.625. The Balaban J connectivity index is 2.02. The Kier molecular flexibility index (Phi) is 4.94. The zero-order valence-corrected chi connectivity index (χ0v) is 11.7. The summed E-state index contributed by atoms with van der Waals surface area (Å²) in [5.41, 5.74) is 0.745. The first kappa shape index (κ1) is 14.5. The van der Waals surface area contributed by atoms with E-state index in [9.17, 15) is 9.50 Å². The van der Waals surface area contributed by atoms with Crippen molar-refractivity contribution in [2.24, 2.45) is 5.41 Å². The molecule has 1 aliphatic carbocycles. The van der Waals surface area contributed by atoms with Crippen LogP contribution in [0, 0.1) is 11.2 Å². The van der Waals surface area contributed by atoms with Crippen molar-refractivity contribution in [2.75, 3.05) is 13.2 Å². The van der Waals surface area contributed by atoms with E-state index in [1.54, 1.807) is 6.07 Å². The largest absolute Gasteiger partial charge is 0.396 e. The Morgan fingerprint density at radius 3 is 2.58 bits per heavy atom. The van der Waals surface area contributed by atoms with Crippen LogP contribution in [0.2, 0.25) is 0 Å². The van der Waals surface area contributed by atoms with Gasteiger partial charge >= 0.3 is 0 Å². The van der Waals surface area contributed by atoms with Crippen LogP contribution in [-0.2, 0) is 0 Å². The molecule has 2 N–H and O–H groups in total. The Morgan fingerprint density at radius 1 is 1.32 bits per heavy atom. The molecule has 0 aliphatic heterocycles. The third-order valence-corrected chi connectivity index (χ3v) is 4.41. The van der Waals surface area contributed by atoms with Gasteiger partial charge in [0.15, 0.2) is 0 Å². The average molecular weight is 265 g/mol. The van der Waals surface area contributed by atoms with Gasteiger partial charge in [-0.3, -0.25) is 0 Å². The second-order valence-electron chi connectivity index (χ2n) is 5.73. The first-order chi connectivity index (χ1) is 9.21. The molecule has 2 rings (SSSR count). The van der Waals surface area contributed by atoms with Crippen LogP contribution in [0.5, 0.6) is 0 Å². The van der Waals surface area contributed by atoms with E-state index in [0.717, 1.165) is 31.4 Å². The minimum absolute atomic E-state index is 0.0126. The summed E-state index contributed by atoms with van der Waals surface area (Å²) in [6, 6.07) is 6.98. The number of nitrogens with one attached hydrogen (secondary N) is 1. The number of rotatable bonds is 6. The Morgan fingerprint density at radius 2 is 2.00 bits per heavy atom. The first-order valence-corrected chi connectivity index (χ1v) is 7.29. The second kappa shape index (κ2) is 6.49. The zero-order valence-electron chi connectivity index (χ0n) is 11.7. The highest BCUT2D eigenvalue weighted by Crippen LogP contribution is 2.37. The summed E-state index contributed by atoms with van der Waals surface area (Å²) in [5, 5.41) is 13.1. The number of hydrogen-bond acceptors (Lipinski definition) is 2. The van der Waals surface area contributed by atoms with Gasteiger partial charge in [0.1, 0.15) is 5.82 Å². The highest BCUT2D eigenvalue weighted by atomic mass is 19.1. The standard InChI is InChI=1S/C16H24FNO/c1-2-15(13-7-3-4-8-14(13)17)18-11-16(12-19)9-5-6-10-16/h3-4,7-8,15,18-19H,2,5-6,9-12H2,1H3. The van der Waals surface area contributed by atoms with Crippen molar-refractivity contribution in [3.63, 3.8) is 0 Å². The van der Waals surface area contributed by atoms with E-state index < -0.39 is 0 Å². The average Bonchev–Trinajstić information content (AvgIpc) is 2.91. The Hall–Kier alpha value is -0.930. The third-order valence-electron chi connectivity index (χ3n) is 4.41. The van der Waals surface area contributed by atoms with Crippen molar-refractivity contribution in [1.29, 1.82) is 0 Å². The Labute approximate surface area is 115 Å². The summed E-state index contributed by atoms with van der Waals surface area (Å²) in [6.45, 7) is 3.06. The lowest BCUT2D eigenvalue weighted by Gasteiger charge is -2.29. The number of aliphatic hydroxyl groups is 1. The minimum Gasteiger partial charge on any atom is -0.396 e.